The number of carbonyl (C=O) groups is 1. The molecule has 0 radical (unpaired) electrons. The second-order valence-corrected chi connectivity index (χ2v) is 7.17. The number of nitrogens with one attached hydrogen (secondary N) is 2. The van der Waals surface area contributed by atoms with Crippen molar-refractivity contribution in [1.82, 2.24) is 9.88 Å². The first-order valence-corrected chi connectivity index (χ1v) is 8.95. The maximum Gasteiger partial charge on any atom is 0.322 e. The molecule has 5 nitrogen and oxygen atoms in total. The van der Waals surface area contributed by atoms with Crippen molar-refractivity contribution in [3.05, 3.63) is 64.1 Å². The fourth-order valence-corrected chi connectivity index (χ4v) is 4.48. The van der Waals surface area contributed by atoms with Gasteiger partial charge in [-0.3, -0.25) is 4.79 Å². The molecule has 2 fully saturated rings. The molecule has 2 aromatic rings. The number of H-pyrrole nitrogens is 1. The Morgan fingerprint density at radius 3 is 2.80 bits per heavy atom. The van der Waals surface area contributed by atoms with Gasteiger partial charge in [0, 0.05) is 24.2 Å². The van der Waals surface area contributed by atoms with E-state index in [1.54, 1.807) is 19.2 Å². The molecule has 2 heterocycles. The fraction of sp³-hybridized carbons (Fsp3) is 0.400. The summed E-state index contributed by atoms with van der Waals surface area (Å²) in [6.45, 7) is 2.53. The van der Waals surface area contributed by atoms with Gasteiger partial charge in [0.05, 0.1) is 11.2 Å². The number of carbonyl (C=O) groups excluding carboxylic acids is 1. The minimum atomic E-state index is -0.180. The van der Waals surface area contributed by atoms with Gasteiger partial charge < -0.3 is 15.2 Å². The third kappa shape index (κ3) is 2.54. The van der Waals surface area contributed by atoms with Gasteiger partial charge in [0.25, 0.3) is 5.56 Å². The van der Waals surface area contributed by atoms with E-state index in [-0.39, 0.29) is 17.1 Å². The number of amides is 2. The Morgan fingerprint density at radius 2 is 2.08 bits per heavy atom. The van der Waals surface area contributed by atoms with Crippen LogP contribution in [0.2, 0.25) is 0 Å². The van der Waals surface area contributed by atoms with E-state index in [1.165, 1.54) is 18.4 Å². The molecule has 25 heavy (non-hydrogen) atoms. The van der Waals surface area contributed by atoms with Crippen LogP contribution in [0.15, 0.2) is 47.4 Å². The molecule has 2 aliphatic rings. The molecule has 1 aliphatic carbocycles. The van der Waals surface area contributed by atoms with E-state index < -0.39 is 0 Å². The largest absolute Gasteiger partial charge is 0.327 e. The van der Waals surface area contributed by atoms with Crippen molar-refractivity contribution in [3.8, 4) is 0 Å². The highest BCUT2D eigenvalue weighted by atomic mass is 16.2. The van der Waals surface area contributed by atoms with Gasteiger partial charge in [-0.2, -0.15) is 0 Å². The van der Waals surface area contributed by atoms with Crippen LogP contribution in [0.3, 0.4) is 0 Å². The van der Waals surface area contributed by atoms with Crippen molar-refractivity contribution in [2.75, 3.05) is 11.9 Å². The van der Waals surface area contributed by atoms with Crippen molar-refractivity contribution < 1.29 is 4.79 Å². The zero-order valence-electron chi connectivity index (χ0n) is 14.4. The van der Waals surface area contributed by atoms with Crippen LogP contribution < -0.4 is 10.9 Å². The number of aromatic amines is 1. The summed E-state index contributed by atoms with van der Waals surface area (Å²) in [7, 11) is 0. The van der Waals surface area contributed by atoms with Crippen LogP contribution in [-0.2, 0) is 5.54 Å². The summed E-state index contributed by atoms with van der Waals surface area (Å²) in [5, 5.41) is 2.96. The van der Waals surface area contributed by atoms with E-state index in [4.69, 9.17) is 0 Å². The summed E-state index contributed by atoms with van der Waals surface area (Å²) in [5.74, 6) is 0.534. The molecule has 1 aliphatic heterocycles. The highest BCUT2D eigenvalue weighted by Crippen LogP contribution is 2.53. The number of likely N-dealkylation sites (tertiary alicyclic amines) is 1. The highest BCUT2D eigenvalue weighted by Gasteiger charge is 2.57. The van der Waals surface area contributed by atoms with E-state index >= 15 is 0 Å². The van der Waals surface area contributed by atoms with Gasteiger partial charge in [0.15, 0.2) is 0 Å². The molecule has 130 valence electrons. The second kappa shape index (κ2) is 6.06. The number of hydrogen-bond donors (Lipinski definition) is 2. The molecule has 0 unspecified atom stereocenters. The quantitative estimate of drug-likeness (QED) is 0.879. The van der Waals surface area contributed by atoms with Crippen LogP contribution in [0.4, 0.5) is 10.5 Å². The van der Waals surface area contributed by atoms with Crippen LogP contribution >= 0.6 is 0 Å². The van der Waals surface area contributed by atoms with Crippen LogP contribution in [0, 0.1) is 12.8 Å². The molecule has 2 atom stereocenters. The molecule has 1 saturated carbocycles. The summed E-state index contributed by atoms with van der Waals surface area (Å²) in [5.41, 5.74) is 2.15. The van der Waals surface area contributed by atoms with E-state index in [9.17, 15) is 9.59 Å². The molecule has 5 heteroatoms. The predicted octanol–water partition coefficient (Wildman–Crippen LogP) is 3.62. The van der Waals surface area contributed by atoms with E-state index in [0.717, 1.165) is 19.4 Å². The summed E-state index contributed by atoms with van der Waals surface area (Å²) >= 11 is 0. The minimum absolute atomic E-state index is 0.0894. The van der Waals surface area contributed by atoms with Crippen molar-refractivity contribution >= 4 is 11.7 Å². The van der Waals surface area contributed by atoms with Crippen LogP contribution in [0.25, 0.3) is 0 Å². The molecular weight excluding hydrogens is 314 g/mol. The molecule has 1 aromatic carbocycles. The average Bonchev–Trinajstić information content (AvgIpc) is 2.60. The number of aryl methyl sites for hydroxylation is 1. The maximum absolute atomic E-state index is 12.9. The summed E-state index contributed by atoms with van der Waals surface area (Å²) < 4.78 is 0. The maximum atomic E-state index is 12.9. The van der Waals surface area contributed by atoms with E-state index in [0.29, 0.717) is 17.2 Å². The van der Waals surface area contributed by atoms with Crippen molar-refractivity contribution in [1.29, 1.82) is 0 Å². The third-order valence-corrected chi connectivity index (χ3v) is 5.78. The molecule has 1 saturated heterocycles. The lowest BCUT2D eigenvalue weighted by Crippen LogP contribution is -2.68. The molecule has 1 aromatic heterocycles. The SMILES string of the molecule is Cc1cc(NC(=O)N2C[C@H]3CCCC[C@]32c2ccccc2)c[nH]c1=O. The second-order valence-electron chi connectivity index (χ2n) is 7.17. The van der Waals surface area contributed by atoms with Crippen molar-refractivity contribution in [3.63, 3.8) is 0 Å². The first kappa shape index (κ1) is 15.9. The predicted molar refractivity (Wildman–Crippen MR) is 97.6 cm³/mol. The Balaban J connectivity index is 1.61. The van der Waals surface area contributed by atoms with Gasteiger partial charge >= 0.3 is 6.03 Å². The number of urea groups is 1. The number of anilines is 1. The molecule has 2 N–H and O–H groups in total. The zero-order valence-corrected chi connectivity index (χ0v) is 14.4. The number of hydrogen-bond acceptors (Lipinski definition) is 2. The van der Waals surface area contributed by atoms with E-state index in [2.05, 4.69) is 34.6 Å². The lowest BCUT2D eigenvalue weighted by molar-refractivity contribution is -0.0756. The van der Waals surface area contributed by atoms with Gasteiger partial charge in [0.2, 0.25) is 0 Å². The molecule has 2 amide bonds. The Kier molecular flexibility index (Phi) is 3.86. The van der Waals surface area contributed by atoms with Gasteiger partial charge in [-0.1, -0.05) is 43.2 Å². The molecule has 0 spiro atoms. The normalized spacial score (nSPS) is 25.0. The van der Waals surface area contributed by atoms with E-state index in [1.807, 2.05) is 11.0 Å². The number of rotatable bonds is 2. The zero-order chi connectivity index (χ0) is 17.4. The Morgan fingerprint density at radius 1 is 1.28 bits per heavy atom. The Labute approximate surface area is 147 Å². The highest BCUT2D eigenvalue weighted by molar-refractivity contribution is 5.90. The standard InChI is InChI=1S/C20H23N3O2/c1-14-11-17(12-21-18(14)24)22-19(25)23-13-16-9-5-6-10-20(16,23)15-7-3-2-4-8-15/h2-4,7-8,11-12,16H,5-6,9-10,13H2,1H3,(H,21,24)(H,22,25)/t16-,20+/m1/s1. The van der Waals surface area contributed by atoms with Gasteiger partial charge in [-0.05, 0) is 31.4 Å². The van der Waals surface area contributed by atoms with Crippen LogP contribution in [-0.4, -0.2) is 22.5 Å². The molecular formula is C20H23N3O2. The Bertz CT molecular complexity index is 846. The topological polar surface area (TPSA) is 65.2 Å². The smallest absolute Gasteiger partial charge is 0.322 e. The fourth-order valence-electron chi connectivity index (χ4n) is 4.48. The third-order valence-electron chi connectivity index (χ3n) is 5.78. The summed E-state index contributed by atoms with van der Waals surface area (Å²) in [6.07, 6.45) is 6.14. The number of pyridine rings is 1. The first-order chi connectivity index (χ1) is 12.1. The van der Waals surface area contributed by atoms with Crippen LogP contribution in [0.5, 0.6) is 0 Å². The van der Waals surface area contributed by atoms with Crippen molar-refractivity contribution in [2.24, 2.45) is 5.92 Å². The number of aromatic nitrogens is 1. The lowest BCUT2D eigenvalue weighted by Gasteiger charge is -2.61. The van der Waals surface area contributed by atoms with Crippen molar-refractivity contribution in [2.45, 2.75) is 38.1 Å². The van der Waals surface area contributed by atoms with Gasteiger partial charge in [-0.15, -0.1) is 0 Å². The summed E-state index contributed by atoms with van der Waals surface area (Å²) in [6, 6.07) is 12.0. The molecule has 4 rings (SSSR count). The monoisotopic (exact) mass is 337 g/mol. The summed E-state index contributed by atoms with van der Waals surface area (Å²) in [4.78, 5) is 29.1. The number of fused-ring (bicyclic) bond motifs is 1. The van der Waals surface area contributed by atoms with Gasteiger partial charge in [0.1, 0.15) is 0 Å². The van der Waals surface area contributed by atoms with Gasteiger partial charge in [-0.25, -0.2) is 4.79 Å². The number of nitrogens with zero attached hydrogens (tertiary/aromatic N) is 1. The Hall–Kier alpha value is -2.56. The van der Waals surface area contributed by atoms with Crippen LogP contribution in [0.1, 0.15) is 36.8 Å². The minimum Gasteiger partial charge on any atom is -0.327 e. The molecule has 0 bridgehead atoms. The first-order valence-electron chi connectivity index (χ1n) is 8.95. The number of benzene rings is 1. The average molecular weight is 337 g/mol. The lowest BCUT2D eigenvalue weighted by atomic mass is 9.62.